The van der Waals surface area contributed by atoms with E-state index in [1.807, 2.05) is 0 Å². The molecule has 1 aromatic rings. The van der Waals surface area contributed by atoms with Crippen LogP contribution < -0.4 is 0 Å². The third-order valence-electron chi connectivity index (χ3n) is 4.15. The number of rotatable bonds is 11. The van der Waals surface area contributed by atoms with Gasteiger partial charge >= 0.3 is 140 Å². The van der Waals surface area contributed by atoms with Crippen LogP contribution in [-0.2, 0) is 0 Å². The molecule has 0 heterocycles. The van der Waals surface area contributed by atoms with Gasteiger partial charge in [0, 0.05) is 0 Å². The Hall–Kier alpha value is -0.241. The quantitative estimate of drug-likeness (QED) is 0.357. The molecule has 0 aliphatic heterocycles. The summed E-state index contributed by atoms with van der Waals surface area (Å²) < 4.78 is 4.15. The molecule has 0 amide bonds. The van der Waals surface area contributed by atoms with Crippen molar-refractivity contribution in [1.29, 1.82) is 0 Å². The summed E-state index contributed by atoms with van der Waals surface area (Å²) in [6.45, 7) is 7.04. The maximum absolute atomic E-state index is 2.58. The van der Waals surface area contributed by atoms with Crippen LogP contribution >= 0.6 is 0 Å². The molecule has 0 saturated carbocycles. The standard InChI is InChI=1S/C12H15.2C4H9.Sn/c1-2-3-4-6-9-12-10-7-5-8-11-12;2*1-3-4-2;/h4-11H,2-3H2,1H3;2*1,3-4H2,2H3;. The van der Waals surface area contributed by atoms with Crippen LogP contribution in [-0.4, -0.2) is 19.8 Å². The van der Waals surface area contributed by atoms with Crippen LogP contribution in [0, 0.1) is 0 Å². The molecule has 0 nitrogen and oxygen atoms in total. The van der Waals surface area contributed by atoms with E-state index >= 15 is 0 Å². The molecule has 0 aliphatic rings. The molecule has 1 radical (unpaired) electrons. The van der Waals surface area contributed by atoms with E-state index < -0.39 is 19.8 Å². The first-order chi connectivity index (χ1) is 10.3. The predicted octanol–water partition coefficient (Wildman–Crippen LogP) is 6.97. The Kier molecular flexibility index (Phi) is 11.0. The number of hydrogen-bond acceptors (Lipinski definition) is 0. The van der Waals surface area contributed by atoms with E-state index in [0.29, 0.717) is 0 Å². The Bertz CT molecular complexity index is 361. The van der Waals surface area contributed by atoms with Crippen molar-refractivity contribution in [3.63, 3.8) is 0 Å². The summed E-state index contributed by atoms with van der Waals surface area (Å²) in [6, 6.07) is 10.8. The minimum atomic E-state index is -1.26. The van der Waals surface area contributed by atoms with E-state index in [4.69, 9.17) is 0 Å². The van der Waals surface area contributed by atoms with Crippen LogP contribution in [0.1, 0.15) is 64.9 Å². The van der Waals surface area contributed by atoms with E-state index in [1.54, 1.807) is 8.87 Å². The molecule has 21 heavy (non-hydrogen) atoms. The van der Waals surface area contributed by atoms with Gasteiger partial charge in [-0.05, 0) is 0 Å². The molecule has 1 heteroatoms. The van der Waals surface area contributed by atoms with Crippen molar-refractivity contribution in [3.05, 3.63) is 42.0 Å². The average Bonchev–Trinajstić information content (AvgIpc) is 2.53. The van der Waals surface area contributed by atoms with Gasteiger partial charge in [0.15, 0.2) is 0 Å². The van der Waals surface area contributed by atoms with Crippen LogP contribution in [0.4, 0.5) is 0 Å². The van der Waals surface area contributed by atoms with Crippen molar-refractivity contribution in [2.45, 2.75) is 72.1 Å². The molecule has 0 aromatic heterocycles. The maximum atomic E-state index is 2.58. The van der Waals surface area contributed by atoms with Crippen molar-refractivity contribution in [2.75, 3.05) is 0 Å². The summed E-state index contributed by atoms with van der Waals surface area (Å²) in [5.41, 5.74) is 1.37. The molecule has 1 rings (SSSR count). The third kappa shape index (κ3) is 8.09. The topological polar surface area (TPSA) is 0 Å². The van der Waals surface area contributed by atoms with Gasteiger partial charge in [-0.25, -0.2) is 0 Å². The normalized spacial score (nSPS) is 13.1. The van der Waals surface area contributed by atoms with Crippen molar-refractivity contribution < 1.29 is 0 Å². The van der Waals surface area contributed by atoms with E-state index in [2.05, 4.69) is 63.3 Å². The summed E-state index contributed by atoms with van der Waals surface area (Å²) in [4.78, 5) is 0. The molecule has 1 atom stereocenters. The molecule has 0 aliphatic carbocycles. The van der Waals surface area contributed by atoms with Gasteiger partial charge in [-0.1, -0.05) is 0 Å². The molecule has 1 unspecified atom stereocenters. The molecule has 0 fully saturated rings. The zero-order chi connectivity index (χ0) is 15.3. The first kappa shape index (κ1) is 18.8. The molecule has 0 spiro atoms. The third-order valence-corrected chi connectivity index (χ3v) is 14.2. The fourth-order valence-corrected chi connectivity index (χ4v) is 13.3. The monoisotopic (exact) mass is 393 g/mol. The number of benzene rings is 1. The Morgan fingerprint density at radius 3 is 2.05 bits per heavy atom. The van der Waals surface area contributed by atoms with Crippen LogP contribution in [0.5, 0.6) is 0 Å². The SMILES string of the molecule is CCC[CH2][Sn]([CH2]CCC)[CH](C=Cc1ccccc1)CCC. The van der Waals surface area contributed by atoms with E-state index in [-0.39, 0.29) is 0 Å². The van der Waals surface area contributed by atoms with Gasteiger partial charge in [0.05, 0.1) is 0 Å². The summed E-state index contributed by atoms with van der Waals surface area (Å²) in [5.74, 6) is 0. The van der Waals surface area contributed by atoms with Gasteiger partial charge in [0.1, 0.15) is 0 Å². The Morgan fingerprint density at radius 1 is 0.905 bits per heavy atom. The van der Waals surface area contributed by atoms with E-state index in [0.717, 1.165) is 3.93 Å². The van der Waals surface area contributed by atoms with Crippen molar-refractivity contribution in [1.82, 2.24) is 0 Å². The summed E-state index contributed by atoms with van der Waals surface area (Å²) in [5, 5.41) is 0. The number of hydrogen-bond donors (Lipinski definition) is 0. The van der Waals surface area contributed by atoms with Crippen LogP contribution in [0.3, 0.4) is 0 Å². The summed E-state index contributed by atoms with van der Waals surface area (Å²) >= 11 is -1.26. The predicted molar refractivity (Wildman–Crippen MR) is 99.3 cm³/mol. The van der Waals surface area contributed by atoms with Gasteiger partial charge in [-0.2, -0.15) is 0 Å². The first-order valence-corrected chi connectivity index (χ1v) is 14.6. The molecule has 117 valence electrons. The molecular weight excluding hydrogens is 359 g/mol. The summed E-state index contributed by atoms with van der Waals surface area (Å²) in [6.07, 6.45) is 13.4. The molecule has 0 bridgehead atoms. The van der Waals surface area contributed by atoms with Gasteiger partial charge in [-0.15, -0.1) is 0 Å². The Balaban J connectivity index is 2.71. The summed E-state index contributed by atoms with van der Waals surface area (Å²) in [7, 11) is 0. The van der Waals surface area contributed by atoms with Gasteiger partial charge in [0.2, 0.25) is 0 Å². The Morgan fingerprint density at radius 2 is 1.52 bits per heavy atom. The molecule has 0 N–H and O–H groups in total. The van der Waals surface area contributed by atoms with E-state index in [9.17, 15) is 0 Å². The minimum absolute atomic E-state index is 0.954. The van der Waals surface area contributed by atoms with Crippen LogP contribution in [0.15, 0.2) is 36.4 Å². The van der Waals surface area contributed by atoms with Crippen molar-refractivity contribution in [2.24, 2.45) is 0 Å². The van der Waals surface area contributed by atoms with Crippen molar-refractivity contribution in [3.8, 4) is 0 Å². The zero-order valence-corrected chi connectivity index (χ0v) is 17.1. The second kappa shape index (κ2) is 12.3. The molecule has 0 saturated heterocycles. The van der Waals surface area contributed by atoms with Crippen LogP contribution in [0.2, 0.25) is 12.8 Å². The fourth-order valence-electron chi connectivity index (χ4n) is 2.84. The Labute approximate surface area is 139 Å². The van der Waals surface area contributed by atoms with E-state index in [1.165, 1.54) is 44.1 Å². The zero-order valence-electron chi connectivity index (χ0n) is 14.3. The van der Waals surface area contributed by atoms with Crippen molar-refractivity contribution >= 4 is 25.8 Å². The fraction of sp³-hybridized carbons (Fsp3) is 0.600. The first-order valence-electron chi connectivity index (χ1n) is 8.89. The van der Waals surface area contributed by atoms with Crippen LogP contribution in [0.25, 0.3) is 6.08 Å². The number of allylic oxidation sites excluding steroid dienone is 1. The molecule has 1 aromatic carbocycles. The second-order valence-electron chi connectivity index (χ2n) is 6.03. The second-order valence-corrected chi connectivity index (χ2v) is 14.8. The average molecular weight is 392 g/mol. The molecular formula is C20H33Sn. The van der Waals surface area contributed by atoms with Gasteiger partial charge in [-0.3, -0.25) is 0 Å². The van der Waals surface area contributed by atoms with Gasteiger partial charge < -0.3 is 0 Å². The van der Waals surface area contributed by atoms with Gasteiger partial charge in [0.25, 0.3) is 0 Å². The number of unbranched alkanes of at least 4 members (excludes halogenated alkanes) is 2.